The largest absolute Gasteiger partial charge is 0.496 e. The van der Waals surface area contributed by atoms with E-state index in [9.17, 15) is 5.26 Å². The lowest BCUT2D eigenvalue weighted by Crippen LogP contribution is -2.07. The average molecular weight is 346 g/mol. The highest BCUT2D eigenvalue weighted by Gasteiger charge is 2.24. The summed E-state index contributed by atoms with van der Waals surface area (Å²) >= 11 is 0. The Morgan fingerprint density at radius 1 is 1.19 bits per heavy atom. The van der Waals surface area contributed by atoms with Crippen molar-refractivity contribution in [1.29, 1.82) is 5.26 Å². The van der Waals surface area contributed by atoms with Crippen LogP contribution in [0.4, 0.5) is 5.82 Å². The minimum absolute atomic E-state index is 0.352. The molecule has 0 aliphatic carbocycles. The van der Waals surface area contributed by atoms with E-state index in [2.05, 4.69) is 11.1 Å². The van der Waals surface area contributed by atoms with Gasteiger partial charge in [-0.3, -0.25) is 8.97 Å². The van der Waals surface area contributed by atoms with Gasteiger partial charge in [0, 0.05) is 18.0 Å². The molecule has 0 saturated heterocycles. The lowest BCUT2D eigenvalue weighted by molar-refractivity contribution is 0.411. The molecule has 0 aliphatic rings. The number of anilines is 1. The second kappa shape index (κ2) is 5.49. The molecule has 0 atom stereocenters. The molecule has 0 spiro atoms. The summed E-state index contributed by atoms with van der Waals surface area (Å²) in [7, 11) is 1.63. The van der Waals surface area contributed by atoms with Gasteiger partial charge in [-0.05, 0) is 32.4 Å². The fourth-order valence-corrected chi connectivity index (χ4v) is 3.57. The van der Waals surface area contributed by atoms with Crippen LogP contribution in [0.1, 0.15) is 22.5 Å². The van der Waals surface area contributed by atoms with E-state index in [1.807, 2.05) is 48.1 Å². The minimum atomic E-state index is 0.352. The van der Waals surface area contributed by atoms with E-state index < -0.39 is 0 Å². The fraction of sp³-hybridized carbons (Fsp3) is 0.211. The Bertz CT molecular complexity index is 1220. The first kappa shape index (κ1) is 16.0. The van der Waals surface area contributed by atoms with Crippen LogP contribution >= 0.6 is 0 Å². The first-order chi connectivity index (χ1) is 12.5. The number of rotatable bonds is 2. The van der Waals surface area contributed by atoms with Gasteiger partial charge < -0.3 is 10.5 Å². The minimum Gasteiger partial charge on any atom is -0.496 e. The molecule has 2 N–H and O–H groups in total. The third kappa shape index (κ3) is 1.93. The molecule has 130 valence electrons. The summed E-state index contributed by atoms with van der Waals surface area (Å²) in [4.78, 5) is 9.15. The Morgan fingerprint density at radius 3 is 2.65 bits per heavy atom. The number of nitrogen functional groups attached to an aromatic ring is 1. The number of nitrogens with two attached hydrogens (primary N) is 1. The van der Waals surface area contributed by atoms with E-state index in [0.29, 0.717) is 28.1 Å². The summed E-state index contributed by atoms with van der Waals surface area (Å²) in [5, 5.41) is 10.4. The Kier molecular flexibility index (Phi) is 3.37. The van der Waals surface area contributed by atoms with E-state index in [4.69, 9.17) is 15.5 Å². The zero-order valence-electron chi connectivity index (χ0n) is 15.0. The van der Waals surface area contributed by atoms with E-state index in [0.717, 1.165) is 28.4 Å². The van der Waals surface area contributed by atoms with Gasteiger partial charge in [0.25, 0.3) is 0 Å². The number of benzene rings is 1. The number of hydrogen-bond acceptors (Lipinski definition) is 5. The molecule has 0 saturated carbocycles. The Morgan fingerprint density at radius 2 is 1.96 bits per heavy atom. The number of imidazole rings is 1. The average Bonchev–Trinajstić information content (AvgIpc) is 3.20. The van der Waals surface area contributed by atoms with E-state index >= 15 is 0 Å². The maximum atomic E-state index is 9.75. The van der Waals surface area contributed by atoms with Gasteiger partial charge in [-0.15, -0.1) is 0 Å². The quantitative estimate of drug-likeness (QED) is 0.602. The fourth-order valence-electron chi connectivity index (χ4n) is 3.57. The Labute approximate surface area is 150 Å². The van der Waals surface area contributed by atoms with Crippen LogP contribution in [-0.4, -0.2) is 26.0 Å². The molecular weight excluding hydrogens is 328 g/mol. The highest BCUT2D eigenvalue weighted by atomic mass is 16.5. The van der Waals surface area contributed by atoms with Crippen molar-refractivity contribution in [1.82, 2.24) is 18.9 Å². The molecule has 4 aromatic rings. The third-order valence-electron chi connectivity index (χ3n) is 4.80. The summed E-state index contributed by atoms with van der Waals surface area (Å²) in [6, 6.07) is 6.12. The summed E-state index contributed by atoms with van der Waals surface area (Å²) in [5.74, 6) is 1.88. The van der Waals surface area contributed by atoms with Crippen molar-refractivity contribution in [3.8, 4) is 17.5 Å². The van der Waals surface area contributed by atoms with E-state index in [1.165, 1.54) is 0 Å². The molecule has 3 heterocycles. The van der Waals surface area contributed by atoms with Gasteiger partial charge in [0.1, 0.15) is 29.0 Å². The van der Waals surface area contributed by atoms with Crippen molar-refractivity contribution in [2.24, 2.45) is 0 Å². The second-order valence-electron chi connectivity index (χ2n) is 6.24. The van der Waals surface area contributed by atoms with Crippen molar-refractivity contribution in [2.75, 3.05) is 12.8 Å². The maximum Gasteiger partial charge on any atom is 0.153 e. The van der Waals surface area contributed by atoms with E-state index in [-0.39, 0.29) is 0 Å². The molecule has 3 aromatic heterocycles. The maximum absolute atomic E-state index is 9.75. The molecule has 0 unspecified atom stereocenters. The predicted octanol–water partition coefficient (Wildman–Crippen LogP) is 3.06. The number of nitrogens with zero attached hydrogens (tertiary/aromatic N) is 5. The Hall–Kier alpha value is -3.53. The first-order valence-electron chi connectivity index (χ1n) is 8.17. The van der Waals surface area contributed by atoms with Crippen molar-refractivity contribution in [3.05, 3.63) is 47.0 Å². The number of aromatic nitrogens is 4. The van der Waals surface area contributed by atoms with E-state index in [1.54, 1.807) is 13.3 Å². The normalized spacial score (nSPS) is 11.2. The smallest absolute Gasteiger partial charge is 0.153 e. The first-order valence-corrected chi connectivity index (χ1v) is 8.17. The molecule has 0 amide bonds. The number of methoxy groups -OCH3 is 1. The van der Waals surface area contributed by atoms with Crippen LogP contribution in [0, 0.1) is 32.1 Å². The molecule has 7 heteroatoms. The van der Waals surface area contributed by atoms with Crippen LogP contribution in [0.2, 0.25) is 0 Å². The zero-order valence-corrected chi connectivity index (χ0v) is 15.0. The number of aryl methyl sites for hydroxylation is 2. The van der Waals surface area contributed by atoms with Crippen LogP contribution in [0.5, 0.6) is 5.75 Å². The van der Waals surface area contributed by atoms with Crippen molar-refractivity contribution < 1.29 is 4.74 Å². The van der Waals surface area contributed by atoms with Crippen molar-refractivity contribution in [3.63, 3.8) is 0 Å². The number of nitriles is 1. The molecule has 7 nitrogen and oxygen atoms in total. The molecule has 1 aromatic carbocycles. The van der Waals surface area contributed by atoms with Crippen LogP contribution in [-0.2, 0) is 0 Å². The highest BCUT2D eigenvalue weighted by molar-refractivity contribution is 6.00. The number of hydrogen-bond donors (Lipinski definition) is 1. The molecular formula is C19H18N6O. The monoisotopic (exact) mass is 346 g/mol. The van der Waals surface area contributed by atoms with Gasteiger partial charge in [0.15, 0.2) is 11.3 Å². The van der Waals surface area contributed by atoms with Gasteiger partial charge in [0.05, 0.1) is 18.2 Å². The van der Waals surface area contributed by atoms with Crippen LogP contribution in [0.3, 0.4) is 0 Å². The molecule has 0 aliphatic heterocycles. The van der Waals surface area contributed by atoms with Crippen molar-refractivity contribution in [2.45, 2.75) is 20.8 Å². The molecule has 0 fully saturated rings. The molecule has 0 radical (unpaired) electrons. The van der Waals surface area contributed by atoms with Gasteiger partial charge in [-0.2, -0.15) is 5.26 Å². The summed E-state index contributed by atoms with van der Waals surface area (Å²) in [5.41, 5.74) is 10.9. The van der Waals surface area contributed by atoms with Crippen LogP contribution in [0.25, 0.3) is 22.4 Å². The third-order valence-corrected chi connectivity index (χ3v) is 4.80. The standard InChI is InChI=1S/C19H18N6O/c1-10-5-6-14(26-4)11(2)16(10)25-17(21)13(9-20)15-18-22-7-8-24(18)12(3)23-19(15)25/h5-8H,21H2,1-4H3. The van der Waals surface area contributed by atoms with Crippen molar-refractivity contribution >= 4 is 22.5 Å². The zero-order chi connectivity index (χ0) is 18.6. The highest BCUT2D eigenvalue weighted by Crippen LogP contribution is 2.37. The summed E-state index contributed by atoms with van der Waals surface area (Å²) in [6.07, 6.45) is 3.52. The van der Waals surface area contributed by atoms with Crippen LogP contribution in [0.15, 0.2) is 24.5 Å². The van der Waals surface area contributed by atoms with Crippen LogP contribution < -0.4 is 10.5 Å². The van der Waals surface area contributed by atoms with Gasteiger partial charge in [-0.1, -0.05) is 6.07 Å². The van der Waals surface area contributed by atoms with Gasteiger partial charge in [-0.25, -0.2) is 9.97 Å². The molecule has 4 rings (SSSR count). The summed E-state index contributed by atoms with van der Waals surface area (Å²) < 4.78 is 9.17. The lowest BCUT2D eigenvalue weighted by Gasteiger charge is -2.16. The Balaban J connectivity index is 2.25. The lowest BCUT2D eigenvalue weighted by atomic mass is 10.1. The molecule has 0 bridgehead atoms. The number of fused-ring (bicyclic) bond motifs is 3. The molecule has 26 heavy (non-hydrogen) atoms. The summed E-state index contributed by atoms with van der Waals surface area (Å²) in [6.45, 7) is 5.87. The SMILES string of the molecule is COc1ccc(C)c(-n2c(N)c(C#N)c3c2nc(C)n2ccnc32)c1C. The topological polar surface area (TPSA) is 94.2 Å². The van der Waals surface area contributed by atoms with Gasteiger partial charge >= 0.3 is 0 Å². The predicted molar refractivity (Wildman–Crippen MR) is 99.7 cm³/mol. The van der Waals surface area contributed by atoms with Gasteiger partial charge in [0.2, 0.25) is 0 Å². The number of ether oxygens (including phenoxy) is 1. The second-order valence-corrected chi connectivity index (χ2v) is 6.24.